The minimum absolute atomic E-state index is 0.336. The lowest BCUT2D eigenvalue weighted by molar-refractivity contribution is 0.0915. The predicted molar refractivity (Wildman–Crippen MR) is 83.8 cm³/mol. The van der Waals surface area contributed by atoms with E-state index in [1.165, 1.54) is 0 Å². The fourth-order valence-electron chi connectivity index (χ4n) is 1.72. The SMILES string of the molecule is CONCCCC(C=C(N)CN)=Nc1ccccc1C. The van der Waals surface area contributed by atoms with Crippen LogP contribution in [0.3, 0.4) is 0 Å². The number of nitrogens with one attached hydrogen (secondary N) is 1. The van der Waals surface area contributed by atoms with Crippen LogP contribution < -0.4 is 16.9 Å². The number of hydrogen-bond donors (Lipinski definition) is 3. The van der Waals surface area contributed by atoms with Crippen molar-refractivity contribution in [1.82, 2.24) is 5.48 Å². The number of allylic oxidation sites excluding steroid dienone is 1. The molecule has 0 aromatic heterocycles. The number of nitrogens with two attached hydrogens (primary N) is 2. The molecule has 5 nitrogen and oxygen atoms in total. The van der Waals surface area contributed by atoms with Crippen LogP contribution in [0.4, 0.5) is 5.69 Å². The molecule has 0 heterocycles. The number of nitrogens with zero attached hydrogens (tertiary/aromatic N) is 1. The molecule has 0 aliphatic heterocycles. The van der Waals surface area contributed by atoms with Gasteiger partial charge in [-0.05, 0) is 37.5 Å². The van der Waals surface area contributed by atoms with Crippen molar-refractivity contribution in [3.63, 3.8) is 0 Å². The first-order chi connectivity index (χ1) is 9.67. The quantitative estimate of drug-likeness (QED) is 0.384. The summed E-state index contributed by atoms with van der Waals surface area (Å²) in [7, 11) is 1.61. The molecule has 0 unspecified atom stereocenters. The molecule has 0 fully saturated rings. The number of aryl methyl sites for hydroxylation is 1. The maximum absolute atomic E-state index is 5.81. The Balaban J connectivity index is 2.84. The van der Waals surface area contributed by atoms with Crippen LogP contribution in [0, 0.1) is 6.92 Å². The zero-order valence-corrected chi connectivity index (χ0v) is 12.2. The van der Waals surface area contributed by atoms with Crippen LogP contribution in [0.1, 0.15) is 18.4 Å². The number of benzene rings is 1. The Labute approximate surface area is 120 Å². The molecule has 0 bridgehead atoms. The number of para-hydroxylation sites is 1. The highest BCUT2D eigenvalue weighted by atomic mass is 16.6. The minimum atomic E-state index is 0.336. The van der Waals surface area contributed by atoms with Crippen molar-refractivity contribution in [3.05, 3.63) is 41.6 Å². The molecule has 0 saturated heterocycles. The molecule has 1 rings (SSSR count). The summed E-state index contributed by atoms with van der Waals surface area (Å²) in [5, 5.41) is 0. The largest absolute Gasteiger partial charge is 0.401 e. The van der Waals surface area contributed by atoms with Gasteiger partial charge in [-0.25, -0.2) is 5.48 Å². The van der Waals surface area contributed by atoms with Gasteiger partial charge < -0.3 is 16.3 Å². The van der Waals surface area contributed by atoms with Crippen molar-refractivity contribution < 1.29 is 4.84 Å². The fourth-order valence-corrected chi connectivity index (χ4v) is 1.72. The molecule has 0 radical (unpaired) electrons. The van der Waals surface area contributed by atoms with E-state index in [2.05, 4.69) is 10.5 Å². The van der Waals surface area contributed by atoms with E-state index in [4.69, 9.17) is 16.3 Å². The number of hydroxylamine groups is 1. The van der Waals surface area contributed by atoms with E-state index in [0.29, 0.717) is 12.2 Å². The molecule has 0 aliphatic carbocycles. The Morgan fingerprint density at radius 3 is 2.80 bits per heavy atom. The lowest BCUT2D eigenvalue weighted by Gasteiger charge is -2.06. The first-order valence-corrected chi connectivity index (χ1v) is 6.72. The van der Waals surface area contributed by atoms with E-state index in [1.807, 2.05) is 37.3 Å². The number of aliphatic imine (C=N–C) groups is 1. The molecule has 5 heteroatoms. The summed E-state index contributed by atoms with van der Waals surface area (Å²) in [6, 6.07) is 8.01. The van der Waals surface area contributed by atoms with Gasteiger partial charge in [0.15, 0.2) is 0 Å². The summed E-state index contributed by atoms with van der Waals surface area (Å²) in [6.07, 6.45) is 3.58. The summed E-state index contributed by atoms with van der Waals surface area (Å²) in [4.78, 5) is 9.49. The molecule has 1 aromatic carbocycles. The normalized spacial score (nSPS) is 12.8. The van der Waals surface area contributed by atoms with Crippen molar-refractivity contribution in [2.24, 2.45) is 16.5 Å². The van der Waals surface area contributed by atoms with Gasteiger partial charge in [-0.2, -0.15) is 0 Å². The van der Waals surface area contributed by atoms with Gasteiger partial charge in [-0.1, -0.05) is 18.2 Å². The van der Waals surface area contributed by atoms with Crippen LogP contribution in [0.2, 0.25) is 0 Å². The second kappa shape index (κ2) is 9.25. The Kier molecular flexibility index (Phi) is 7.57. The molecular formula is C15H24N4O. The van der Waals surface area contributed by atoms with Gasteiger partial charge in [0.25, 0.3) is 0 Å². The molecule has 0 spiro atoms. The summed E-state index contributed by atoms with van der Waals surface area (Å²) >= 11 is 0. The molecule has 20 heavy (non-hydrogen) atoms. The van der Waals surface area contributed by atoms with Gasteiger partial charge in [0.1, 0.15) is 0 Å². The molecule has 0 saturated carbocycles. The summed E-state index contributed by atoms with van der Waals surface area (Å²) in [6.45, 7) is 3.14. The van der Waals surface area contributed by atoms with E-state index in [9.17, 15) is 0 Å². The average molecular weight is 276 g/mol. The van der Waals surface area contributed by atoms with Gasteiger partial charge in [0.2, 0.25) is 0 Å². The van der Waals surface area contributed by atoms with Gasteiger partial charge in [-0.15, -0.1) is 0 Å². The summed E-state index contributed by atoms with van der Waals surface area (Å²) < 4.78 is 0. The zero-order chi connectivity index (χ0) is 14.8. The van der Waals surface area contributed by atoms with E-state index in [0.717, 1.165) is 36.3 Å². The molecule has 1 aromatic rings. The fraction of sp³-hybridized carbons (Fsp3) is 0.400. The average Bonchev–Trinajstić information content (AvgIpc) is 2.45. The standard InChI is InChI=1S/C15H24N4O/c1-12-6-3-4-8-15(12)19-14(10-13(17)11-16)7-5-9-18-20-2/h3-4,6,8,10,18H,5,7,9,11,16-17H2,1-2H3. The highest BCUT2D eigenvalue weighted by molar-refractivity contribution is 5.97. The highest BCUT2D eigenvalue weighted by Gasteiger charge is 2.01. The topological polar surface area (TPSA) is 85.7 Å². The van der Waals surface area contributed by atoms with E-state index < -0.39 is 0 Å². The van der Waals surface area contributed by atoms with E-state index >= 15 is 0 Å². The van der Waals surface area contributed by atoms with Gasteiger partial charge in [-0.3, -0.25) is 4.99 Å². The Bertz CT molecular complexity index is 469. The van der Waals surface area contributed by atoms with E-state index in [-0.39, 0.29) is 0 Å². The van der Waals surface area contributed by atoms with Crippen LogP contribution in [-0.2, 0) is 4.84 Å². The van der Waals surface area contributed by atoms with Crippen molar-refractivity contribution in [2.45, 2.75) is 19.8 Å². The molecule has 5 N–H and O–H groups in total. The van der Waals surface area contributed by atoms with Crippen molar-refractivity contribution in [2.75, 3.05) is 20.2 Å². The third-order valence-corrected chi connectivity index (χ3v) is 2.82. The second-order valence-electron chi connectivity index (χ2n) is 4.52. The zero-order valence-electron chi connectivity index (χ0n) is 12.2. The third-order valence-electron chi connectivity index (χ3n) is 2.82. The van der Waals surface area contributed by atoms with Crippen LogP contribution >= 0.6 is 0 Å². The maximum Gasteiger partial charge on any atom is 0.0662 e. The lowest BCUT2D eigenvalue weighted by Crippen LogP contribution is -2.15. The second-order valence-corrected chi connectivity index (χ2v) is 4.52. The molecule has 110 valence electrons. The van der Waals surface area contributed by atoms with Gasteiger partial charge in [0.05, 0.1) is 12.8 Å². The molecule has 0 aliphatic rings. The Morgan fingerprint density at radius 1 is 1.40 bits per heavy atom. The summed E-state index contributed by atoms with van der Waals surface area (Å²) in [5.41, 5.74) is 17.8. The van der Waals surface area contributed by atoms with Crippen LogP contribution in [0.15, 0.2) is 41.0 Å². The minimum Gasteiger partial charge on any atom is -0.401 e. The first-order valence-electron chi connectivity index (χ1n) is 6.72. The molecular weight excluding hydrogens is 252 g/mol. The van der Waals surface area contributed by atoms with Crippen molar-refractivity contribution >= 4 is 11.4 Å². The van der Waals surface area contributed by atoms with E-state index in [1.54, 1.807) is 7.11 Å². The Morgan fingerprint density at radius 2 is 2.15 bits per heavy atom. The van der Waals surface area contributed by atoms with Gasteiger partial charge >= 0.3 is 0 Å². The monoisotopic (exact) mass is 276 g/mol. The highest BCUT2D eigenvalue weighted by Crippen LogP contribution is 2.18. The van der Waals surface area contributed by atoms with Crippen molar-refractivity contribution in [3.8, 4) is 0 Å². The van der Waals surface area contributed by atoms with Crippen LogP contribution in [-0.4, -0.2) is 25.9 Å². The van der Waals surface area contributed by atoms with Crippen molar-refractivity contribution in [1.29, 1.82) is 0 Å². The van der Waals surface area contributed by atoms with Crippen LogP contribution in [0.25, 0.3) is 0 Å². The maximum atomic E-state index is 5.81. The van der Waals surface area contributed by atoms with Gasteiger partial charge in [0, 0.05) is 24.5 Å². The lowest BCUT2D eigenvalue weighted by atomic mass is 10.1. The number of rotatable bonds is 8. The number of hydrogen-bond acceptors (Lipinski definition) is 5. The predicted octanol–water partition coefficient (Wildman–Crippen LogP) is 1.80. The Hall–Kier alpha value is -1.69. The molecule has 0 atom stereocenters. The molecule has 0 amide bonds. The summed E-state index contributed by atoms with van der Waals surface area (Å²) in [5.74, 6) is 0. The smallest absolute Gasteiger partial charge is 0.0662 e. The van der Waals surface area contributed by atoms with Crippen LogP contribution in [0.5, 0.6) is 0 Å². The first kappa shape index (κ1) is 16.4. The third kappa shape index (κ3) is 5.97.